The van der Waals surface area contributed by atoms with Gasteiger partial charge in [-0.1, -0.05) is 12.2 Å². The van der Waals surface area contributed by atoms with Crippen LogP contribution in [0.1, 0.15) is 25.5 Å². The van der Waals surface area contributed by atoms with Crippen LogP contribution in [0.4, 0.5) is 11.4 Å². The predicted molar refractivity (Wildman–Crippen MR) is 109 cm³/mol. The summed E-state index contributed by atoms with van der Waals surface area (Å²) >= 11 is 0. The summed E-state index contributed by atoms with van der Waals surface area (Å²) in [6, 6.07) is 4.72. The number of furan rings is 1. The Balaban J connectivity index is 1.55. The van der Waals surface area contributed by atoms with Gasteiger partial charge in [0.25, 0.3) is 5.69 Å². The van der Waals surface area contributed by atoms with Crippen LogP contribution < -0.4 is 4.90 Å². The van der Waals surface area contributed by atoms with E-state index < -0.39 is 5.60 Å². The molecule has 0 unspecified atom stereocenters. The molecule has 4 atom stereocenters. The summed E-state index contributed by atoms with van der Waals surface area (Å²) in [6.45, 7) is 4.51. The van der Waals surface area contributed by atoms with Crippen molar-refractivity contribution in [2.24, 2.45) is 17.8 Å². The third-order valence-corrected chi connectivity index (χ3v) is 6.85. The van der Waals surface area contributed by atoms with Gasteiger partial charge in [0.05, 0.1) is 34.8 Å². The quantitative estimate of drug-likeness (QED) is 0.469. The lowest BCUT2D eigenvalue weighted by Gasteiger charge is -2.35. The first-order chi connectivity index (χ1) is 13.9. The van der Waals surface area contributed by atoms with Crippen LogP contribution in [0.15, 0.2) is 34.8 Å². The van der Waals surface area contributed by atoms with Crippen LogP contribution in [0.2, 0.25) is 0 Å². The maximum absolute atomic E-state index is 11.4. The van der Waals surface area contributed by atoms with Crippen LogP contribution in [0, 0.1) is 27.9 Å². The van der Waals surface area contributed by atoms with Crippen molar-refractivity contribution in [1.29, 1.82) is 0 Å². The number of fused-ring (bicyclic) bond motifs is 3. The lowest BCUT2D eigenvalue weighted by molar-refractivity contribution is -0.384. The molecule has 0 amide bonds. The molecule has 2 bridgehead atoms. The number of aliphatic hydroxyl groups is 1. The molecule has 1 aromatic carbocycles. The Morgan fingerprint density at radius 2 is 2.07 bits per heavy atom. The minimum absolute atomic E-state index is 0.0457. The molecule has 1 N–H and O–H groups in total. The van der Waals surface area contributed by atoms with E-state index in [0.717, 1.165) is 23.9 Å². The van der Waals surface area contributed by atoms with Gasteiger partial charge in [-0.25, -0.2) is 0 Å². The molecular formula is C22H26N2O5. The minimum atomic E-state index is -0.898. The molecule has 7 nitrogen and oxygen atoms in total. The van der Waals surface area contributed by atoms with E-state index in [0.29, 0.717) is 55.9 Å². The zero-order valence-corrected chi connectivity index (χ0v) is 16.5. The zero-order valence-electron chi connectivity index (χ0n) is 16.5. The number of benzene rings is 1. The van der Waals surface area contributed by atoms with Crippen LogP contribution in [0.3, 0.4) is 0 Å². The number of non-ortho nitro benzene ring substituents is 1. The number of hydrogen-bond acceptors (Lipinski definition) is 6. The molecule has 2 heterocycles. The monoisotopic (exact) mass is 398 g/mol. The smallest absolute Gasteiger partial charge is 0.270 e. The predicted octanol–water partition coefficient (Wildman–Crippen LogP) is 3.68. The Hall–Kier alpha value is -2.38. The molecule has 1 saturated heterocycles. The fraction of sp³-hybridized carbons (Fsp3) is 0.545. The number of anilines is 1. The minimum Gasteiger partial charge on any atom is -0.459 e. The summed E-state index contributed by atoms with van der Waals surface area (Å²) in [5.74, 6) is 1.91. The van der Waals surface area contributed by atoms with Gasteiger partial charge in [-0.05, 0) is 43.6 Å². The molecule has 2 aromatic rings. The molecule has 1 aromatic heterocycles. The molecule has 0 radical (unpaired) electrons. The van der Waals surface area contributed by atoms with E-state index in [9.17, 15) is 15.2 Å². The molecule has 1 aliphatic heterocycles. The Morgan fingerprint density at radius 3 is 2.72 bits per heavy atom. The first-order valence-electron chi connectivity index (χ1n) is 10.4. The second kappa shape index (κ2) is 6.85. The van der Waals surface area contributed by atoms with Crippen LogP contribution in [-0.4, -0.2) is 41.9 Å². The van der Waals surface area contributed by atoms with E-state index in [4.69, 9.17) is 9.15 Å². The summed E-state index contributed by atoms with van der Waals surface area (Å²) in [5.41, 5.74) is 0.636. The van der Waals surface area contributed by atoms with E-state index in [2.05, 4.69) is 17.1 Å². The third-order valence-electron chi connectivity index (χ3n) is 6.85. The van der Waals surface area contributed by atoms with E-state index in [-0.39, 0.29) is 16.5 Å². The highest BCUT2D eigenvalue weighted by atomic mass is 16.6. The molecule has 1 saturated carbocycles. The van der Waals surface area contributed by atoms with Crippen molar-refractivity contribution in [3.05, 3.63) is 46.2 Å². The number of ether oxygens (including phenoxy) is 1. The van der Waals surface area contributed by atoms with Gasteiger partial charge in [0.2, 0.25) is 0 Å². The Morgan fingerprint density at radius 1 is 1.28 bits per heavy atom. The Bertz CT molecular complexity index is 973. The molecule has 154 valence electrons. The van der Waals surface area contributed by atoms with E-state index >= 15 is 0 Å². The first-order valence-corrected chi connectivity index (χ1v) is 10.4. The number of rotatable bonds is 5. The van der Waals surface area contributed by atoms with Crippen molar-refractivity contribution < 1.29 is 19.2 Å². The second-order valence-corrected chi connectivity index (χ2v) is 8.83. The molecule has 0 spiro atoms. The summed E-state index contributed by atoms with van der Waals surface area (Å²) in [4.78, 5) is 13.1. The summed E-state index contributed by atoms with van der Waals surface area (Å²) in [7, 11) is 0. The van der Waals surface area contributed by atoms with Gasteiger partial charge < -0.3 is 19.2 Å². The highest BCUT2D eigenvalue weighted by molar-refractivity contribution is 5.94. The largest absolute Gasteiger partial charge is 0.459 e. The lowest BCUT2D eigenvalue weighted by Crippen LogP contribution is -2.40. The maximum Gasteiger partial charge on any atom is 0.270 e. The number of hydrogen-bond donors (Lipinski definition) is 1. The lowest BCUT2D eigenvalue weighted by atomic mass is 9.77. The topological polar surface area (TPSA) is 89.0 Å². The maximum atomic E-state index is 11.4. The second-order valence-electron chi connectivity index (χ2n) is 8.83. The number of nitro groups is 1. The summed E-state index contributed by atoms with van der Waals surface area (Å²) in [5, 5.41) is 23.5. The van der Waals surface area contributed by atoms with Crippen molar-refractivity contribution in [3.63, 3.8) is 0 Å². The van der Waals surface area contributed by atoms with Gasteiger partial charge in [0.15, 0.2) is 0 Å². The molecule has 29 heavy (non-hydrogen) atoms. The number of morpholine rings is 1. The van der Waals surface area contributed by atoms with Gasteiger partial charge in [-0.2, -0.15) is 0 Å². The van der Waals surface area contributed by atoms with Crippen LogP contribution >= 0.6 is 0 Å². The number of nitro benzene ring substituents is 1. The molecular weight excluding hydrogens is 372 g/mol. The number of allylic oxidation sites excluding steroid dienone is 2. The van der Waals surface area contributed by atoms with Gasteiger partial charge in [-0.15, -0.1) is 0 Å². The Kier molecular flexibility index (Phi) is 4.40. The van der Waals surface area contributed by atoms with Crippen LogP contribution in [0.5, 0.6) is 0 Å². The van der Waals surface area contributed by atoms with Crippen LogP contribution in [0.25, 0.3) is 11.0 Å². The van der Waals surface area contributed by atoms with Gasteiger partial charge in [0, 0.05) is 31.6 Å². The average Bonchev–Trinajstić information content (AvgIpc) is 3.41. The van der Waals surface area contributed by atoms with Crippen molar-refractivity contribution in [2.75, 3.05) is 31.2 Å². The molecule has 5 rings (SSSR count). The first kappa shape index (κ1) is 18.6. The normalized spacial score (nSPS) is 28.2. The van der Waals surface area contributed by atoms with Crippen molar-refractivity contribution in [1.82, 2.24) is 0 Å². The average molecular weight is 398 g/mol. The van der Waals surface area contributed by atoms with Crippen molar-refractivity contribution >= 4 is 22.3 Å². The standard InChI is InChI=1S/C22H26N2O5/c1-22(25,18-11-14-2-3-15(18)10-14)13-20-21(23-6-8-28-9-7-23)17-12-16(24(26)27)4-5-19(17)29-20/h2-5,12,14-15,18,25H,6-11,13H2,1H3/t14-,15-,18+,22+/m0/s1. The fourth-order valence-corrected chi connectivity index (χ4v) is 5.44. The fourth-order valence-electron chi connectivity index (χ4n) is 5.44. The highest BCUT2D eigenvalue weighted by Gasteiger charge is 2.46. The third kappa shape index (κ3) is 3.22. The van der Waals surface area contributed by atoms with Gasteiger partial charge in [0.1, 0.15) is 11.3 Å². The van der Waals surface area contributed by atoms with Crippen molar-refractivity contribution in [3.8, 4) is 0 Å². The summed E-state index contributed by atoms with van der Waals surface area (Å²) in [6.07, 6.45) is 7.05. The van der Waals surface area contributed by atoms with Crippen molar-refractivity contribution in [2.45, 2.75) is 31.8 Å². The molecule has 2 fully saturated rings. The SMILES string of the molecule is C[C@@](O)(Cc1oc2ccc([N+](=O)[O-])cc2c1N1CCOCC1)[C@@H]1C[C@H]2C=C[C@H]1C2. The van der Waals surface area contributed by atoms with E-state index in [1.807, 2.05) is 6.92 Å². The molecule has 7 heteroatoms. The number of nitrogens with zero attached hydrogens (tertiary/aromatic N) is 2. The van der Waals surface area contributed by atoms with E-state index in [1.54, 1.807) is 12.1 Å². The van der Waals surface area contributed by atoms with E-state index in [1.165, 1.54) is 6.07 Å². The zero-order chi connectivity index (χ0) is 20.2. The molecule has 2 aliphatic carbocycles. The highest BCUT2D eigenvalue weighted by Crippen LogP contribution is 2.50. The van der Waals surface area contributed by atoms with Gasteiger partial charge >= 0.3 is 0 Å². The summed E-state index contributed by atoms with van der Waals surface area (Å²) < 4.78 is 11.7. The Labute approximate surface area is 169 Å². The molecule has 3 aliphatic rings. The van der Waals surface area contributed by atoms with Gasteiger partial charge in [-0.3, -0.25) is 10.1 Å². The van der Waals surface area contributed by atoms with Crippen LogP contribution in [-0.2, 0) is 11.2 Å².